The maximum atomic E-state index is 12.9. The van der Waals surface area contributed by atoms with E-state index < -0.39 is 11.6 Å². The van der Waals surface area contributed by atoms with Crippen molar-refractivity contribution >= 4 is 22.2 Å². The minimum Gasteiger partial charge on any atom is -0.502 e. The predicted molar refractivity (Wildman–Crippen MR) is 47.7 cm³/mol. The van der Waals surface area contributed by atoms with Crippen LogP contribution in [0.5, 0.6) is 11.5 Å². The summed E-state index contributed by atoms with van der Waals surface area (Å²) in [5.74, 6) is -1.66. The first-order chi connectivity index (χ1) is 6.11. The molecule has 0 atom stereocenters. The molecule has 0 fully saturated rings. The van der Waals surface area contributed by atoms with Gasteiger partial charge < -0.3 is 9.84 Å². The van der Waals surface area contributed by atoms with Gasteiger partial charge in [0.15, 0.2) is 23.6 Å². The van der Waals surface area contributed by atoms with Crippen molar-refractivity contribution in [3.63, 3.8) is 0 Å². The molecule has 1 aromatic rings. The van der Waals surface area contributed by atoms with Gasteiger partial charge in [0.2, 0.25) is 0 Å². The van der Waals surface area contributed by atoms with E-state index in [0.29, 0.717) is 6.29 Å². The van der Waals surface area contributed by atoms with E-state index in [1.165, 1.54) is 7.11 Å². The number of aldehydes is 1. The lowest BCUT2D eigenvalue weighted by Gasteiger charge is -2.07. The zero-order valence-corrected chi connectivity index (χ0v) is 8.26. The highest BCUT2D eigenvalue weighted by molar-refractivity contribution is 9.10. The zero-order valence-electron chi connectivity index (χ0n) is 6.67. The Kier molecular flexibility index (Phi) is 2.87. The van der Waals surface area contributed by atoms with Crippen LogP contribution in [0, 0.1) is 5.82 Å². The lowest BCUT2D eigenvalue weighted by Crippen LogP contribution is -1.94. The highest BCUT2D eigenvalue weighted by Crippen LogP contribution is 2.36. The van der Waals surface area contributed by atoms with Crippen LogP contribution in [0.3, 0.4) is 0 Å². The lowest BCUT2D eigenvalue weighted by atomic mass is 10.2. The van der Waals surface area contributed by atoms with Crippen molar-refractivity contribution in [2.75, 3.05) is 7.11 Å². The largest absolute Gasteiger partial charge is 0.502 e. The Morgan fingerprint density at radius 2 is 2.31 bits per heavy atom. The molecular formula is C8H6BrFO3. The van der Waals surface area contributed by atoms with Crippen molar-refractivity contribution in [3.8, 4) is 11.5 Å². The molecule has 5 heteroatoms. The summed E-state index contributed by atoms with van der Waals surface area (Å²) in [6, 6.07) is 1.00. The Hall–Kier alpha value is -1.10. The smallest absolute Gasteiger partial charge is 0.195 e. The van der Waals surface area contributed by atoms with Gasteiger partial charge in [-0.2, -0.15) is 0 Å². The normalized spacial score (nSPS) is 9.77. The first kappa shape index (κ1) is 9.98. The second kappa shape index (κ2) is 3.74. The van der Waals surface area contributed by atoms with Gasteiger partial charge in [-0.05, 0) is 22.0 Å². The summed E-state index contributed by atoms with van der Waals surface area (Å²) in [5.41, 5.74) is 0.0846. The van der Waals surface area contributed by atoms with Crippen molar-refractivity contribution in [1.82, 2.24) is 0 Å². The number of carbonyl (C=O) groups is 1. The number of ether oxygens (including phenoxy) is 1. The first-order valence-corrected chi connectivity index (χ1v) is 4.11. The summed E-state index contributed by atoms with van der Waals surface area (Å²) in [6.07, 6.45) is 0.474. The number of hydrogen-bond acceptors (Lipinski definition) is 3. The van der Waals surface area contributed by atoms with Crippen LogP contribution < -0.4 is 4.74 Å². The minimum atomic E-state index is -0.839. The second-order valence-corrected chi connectivity index (χ2v) is 3.11. The third-order valence-electron chi connectivity index (χ3n) is 1.52. The SMILES string of the molecule is COc1c(O)c(F)cc(Br)c1C=O. The van der Waals surface area contributed by atoms with E-state index in [0.717, 1.165) is 6.07 Å². The second-order valence-electron chi connectivity index (χ2n) is 2.25. The molecule has 0 aliphatic carbocycles. The fraction of sp³-hybridized carbons (Fsp3) is 0.125. The number of methoxy groups -OCH3 is 1. The Bertz CT molecular complexity index is 352. The van der Waals surface area contributed by atoms with Crippen molar-refractivity contribution in [1.29, 1.82) is 0 Å². The van der Waals surface area contributed by atoms with Crippen LogP contribution in [0.15, 0.2) is 10.5 Å². The fourth-order valence-corrected chi connectivity index (χ4v) is 1.39. The number of aromatic hydroxyl groups is 1. The van der Waals surface area contributed by atoms with Gasteiger partial charge in [0.25, 0.3) is 0 Å². The van der Waals surface area contributed by atoms with Crippen LogP contribution in [0.1, 0.15) is 10.4 Å². The predicted octanol–water partition coefficient (Wildman–Crippen LogP) is 2.11. The summed E-state index contributed by atoms with van der Waals surface area (Å²) in [4.78, 5) is 10.5. The van der Waals surface area contributed by atoms with Crippen molar-refractivity contribution in [2.24, 2.45) is 0 Å². The molecule has 0 saturated heterocycles. The number of phenols is 1. The lowest BCUT2D eigenvalue weighted by molar-refractivity contribution is 0.111. The topological polar surface area (TPSA) is 46.5 Å². The molecule has 1 N–H and O–H groups in total. The molecule has 0 bridgehead atoms. The molecule has 0 saturated carbocycles. The van der Waals surface area contributed by atoms with Crippen molar-refractivity contribution < 1.29 is 19.0 Å². The van der Waals surface area contributed by atoms with Crippen LogP contribution in [0.2, 0.25) is 0 Å². The molecule has 0 aromatic heterocycles. The Balaban J connectivity index is 3.50. The number of carbonyl (C=O) groups excluding carboxylic acids is 1. The molecule has 0 radical (unpaired) electrons. The van der Waals surface area contributed by atoms with Gasteiger partial charge in [-0.25, -0.2) is 4.39 Å². The molecular weight excluding hydrogens is 243 g/mol. The number of benzene rings is 1. The zero-order chi connectivity index (χ0) is 10.0. The van der Waals surface area contributed by atoms with Crippen molar-refractivity contribution in [3.05, 3.63) is 21.9 Å². The van der Waals surface area contributed by atoms with Gasteiger partial charge in [-0.15, -0.1) is 0 Å². The number of halogens is 2. The average Bonchev–Trinajstić information content (AvgIpc) is 2.10. The highest BCUT2D eigenvalue weighted by Gasteiger charge is 2.16. The number of rotatable bonds is 2. The summed E-state index contributed by atoms with van der Waals surface area (Å²) >= 11 is 2.97. The quantitative estimate of drug-likeness (QED) is 0.816. The average molecular weight is 249 g/mol. The van der Waals surface area contributed by atoms with E-state index in [1.807, 2.05) is 0 Å². The van der Waals surface area contributed by atoms with Gasteiger partial charge in [0.05, 0.1) is 12.7 Å². The molecule has 0 amide bonds. The minimum absolute atomic E-state index is 0.0846. The van der Waals surface area contributed by atoms with Crippen LogP contribution >= 0.6 is 15.9 Å². The molecule has 0 aliphatic heterocycles. The molecule has 70 valence electrons. The van der Waals surface area contributed by atoms with Crippen LogP contribution in [0.25, 0.3) is 0 Å². The fourth-order valence-electron chi connectivity index (χ4n) is 0.918. The van der Waals surface area contributed by atoms with E-state index in [9.17, 15) is 9.18 Å². The Morgan fingerprint density at radius 3 is 2.77 bits per heavy atom. The van der Waals surface area contributed by atoms with E-state index in [1.54, 1.807) is 0 Å². The summed E-state index contributed by atoms with van der Waals surface area (Å²) in [6.45, 7) is 0. The van der Waals surface area contributed by atoms with E-state index in [2.05, 4.69) is 20.7 Å². The summed E-state index contributed by atoms with van der Waals surface area (Å²) in [5, 5.41) is 9.15. The third-order valence-corrected chi connectivity index (χ3v) is 2.17. The maximum Gasteiger partial charge on any atom is 0.195 e. The van der Waals surface area contributed by atoms with Gasteiger partial charge in [-0.3, -0.25) is 4.79 Å². The molecule has 3 nitrogen and oxygen atoms in total. The molecule has 1 rings (SSSR count). The number of hydrogen-bond donors (Lipinski definition) is 1. The first-order valence-electron chi connectivity index (χ1n) is 3.32. The van der Waals surface area contributed by atoms with Crippen molar-refractivity contribution in [2.45, 2.75) is 0 Å². The number of phenolic OH excluding ortho intramolecular Hbond substituents is 1. The standard InChI is InChI=1S/C8H6BrFO3/c1-13-8-4(3-11)5(9)2-6(10)7(8)12/h2-3,12H,1H3. The summed E-state index contributed by atoms with van der Waals surface area (Å²) < 4.78 is 17.8. The molecule has 0 heterocycles. The highest BCUT2D eigenvalue weighted by atomic mass is 79.9. The molecule has 0 aliphatic rings. The monoisotopic (exact) mass is 248 g/mol. The Morgan fingerprint density at radius 1 is 1.69 bits per heavy atom. The van der Waals surface area contributed by atoms with Gasteiger partial charge in [0, 0.05) is 4.47 Å². The van der Waals surface area contributed by atoms with Gasteiger partial charge in [0.1, 0.15) is 0 Å². The Labute approximate surface area is 82.3 Å². The summed E-state index contributed by atoms with van der Waals surface area (Å²) in [7, 11) is 1.24. The molecule has 13 heavy (non-hydrogen) atoms. The van der Waals surface area contributed by atoms with E-state index in [4.69, 9.17) is 5.11 Å². The molecule has 0 spiro atoms. The molecule has 1 aromatic carbocycles. The van der Waals surface area contributed by atoms with Crippen LogP contribution in [0.4, 0.5) is 4.39 Å². The van der Waals surface area contributed by atoms with E-state index >= 15 is 0 Å². The van der Waals surface area contributed by atoms with Crippen LogP contribution in [-0.2, 0) is 0 Å². The molecule has 0 unspecified atom stereocenters. The van der Waals surface area contributed by atoms with E-state index in [-0.39, 0.29) is 15.8 Å². The van der Waals surface area contributed by atoms with Gasteiger partial charge >= 0.3 is 0 Å². The van der Waals surface area contributed by atoms with Gasteiger partial charge in [-0.1, -0.05) is 0 Å². The third kappa shape index (κ3) is 1.65. The van der Waals surface area contributed by atoms with Crippen LogP contribution in [-0.4, -0.2) is 18.5 Å². The maximum absolute atomic E-state index is 12.9.